The van der Waals surface area contributed by atoms with Crippen molar-refractivity contribution in [3.63, 3.8) is 0 Å². The van der Waals surface area contributed by atoms with Crippen LogP contribution in [0.15, 0.2) is 63.8 Å². The standard InChI is InChI=1S/C24H26N2O5/c1-4-16-10-11-19-17(13-21(27)31-20(19)12-16)14-30-23(28)22(15(2)3)26-24(29)25-18-8-6-5-7-9-18/h5-13,15,22H,4,14H2,1-3H3,(H2,25,26,29)/t22-/m0/s1. The van der Waals surface area contributed by atoms with Crippen LogP contribution in [0.1, 0.15) is 31.9 Å². The fourth-order valence-corrected chi connectivity index (χ4v) is 3.18. The van der Waals surface area contributed by atoms with E-state index in [1.54, 1.807) is 24.3 Å². The smallest absolute Gasteiger partial charge is 0.336 e. The highest BCUT2D eigenvalue weighted by Gasteiger charge is 2.26. The molecule has 1 aromatic heterocycles. The molecule has 1 atom stereocenters. The van der Waals surface area contributed by atoms with Crippen molar-refractivity contribution in [1.29, 1.82) is 0 Å². The molecule has 0 fully saturated rings. The average molecular weight is 422 g/mol. The minimum absolute atomic E-state index is 0.0996. The molecule has 0 saturated carbocycles. The summed E-state index contributed by atoms with van der Waals surface area (Å²) in [6.07, 6.45) is 0.811. The lowest BCUT2D eigenvalue weighted by atomic mass is 10.0. The summed E-state index contributed by atoms with van der Waals surface area (Å²) in [6, 6.07) is 14.5. The van der Waals surface area contributed by atoms with Crippen LogP contribution >= 0.6 is 0 Å². The van der Waals surface area contributed by atoms with Crippen LogP contribution in [-0.4, -0.2) is 18.0 Å². The number of fused-ring (bicyclic) bond motifs is 1. The summed E-state index contributed by atoms with van der Waals surface area (Å²) in [6.45, 7) is 5.54. The van der Waals surface area contributed by atoms with Gasteiger partial charge in [-0.1, -0.05) is 51.1 Å². The van der Waals surface area contributed by atoms with Crippen LogP contribution < -0.4 is 16.3 Å². The SMILES string of the molecule is CCc1ccc2c(COC(=O)[C@@H](NC(=O)Nc3ccccc3)C(C)C)cc(=O)oc2c1. The molecule has 2 N–H and O–H groups in total. The number of anilines is 1. The van der Waals surface area contributed by atoms with Gasteiger partial charge in [-0.15, -0.1) is 0 Å². The Labute approximate surface area is 180 Å². The Bertz CT molecular complexity index is 1120. The second kappa shape index (κ2) is 9.93. The van der Waals surface area contributed by atoms with Crippen LogP contribution in [0.4, 0.5) is 10.5 Å². The number of carbonyl (C=O) groups is 2. The molecule has 2 aromatic carbocycles. The third-order valence-corrected chi connectivity index (χ3v) is 4.91. The zero-order valence-electron chi connectivity index (χ0n) is 17.8. The lowest BCUT2D eigenvalue weighted by Gasteiger charge is -2.21. The first-order valence-electron chi connectivity index (χ1n) is 10.2. The lowest BCUT2D eigenvalue weighted by Crippen LogP contribution is -2.47. The number of rotatable bonds is 7. The van der Waals surface area contributed by atoms with Gasteiger partial charge in [0, 0.05) is 22.7 Å². The molecule has 0 bridgehead atoms. The Morgan fingerprint density at radius 3 is 2.48 bits per heavy atom. The number of esters is 1. The van der Waals surface area contributed by atoms with Crippen LogP contribution in [0.25, 0.3) is 11.0 Å². The fraction of sp³-hybridized carbons (Fsp3) is 0.292. The van der Waals surface area contributed by atoms with Crippen LogP contribution in [0.3, 0.4) is 0 Å². The van der Waals surface area contributed by atoms with Crippen LogP contribution in [-0.2, 0) is 22.6 Å². The molecular formula is C24H26N2O5. The molecule has 7 heteroatoms. The van der Waals surface area contributed by atoms with Gasteiger partial charge >= 0.3 is 17.6 Å². The van der Waals surface area contributed by atoms with Crippen LogP contribution in [0, 0.1) is 5.92 Å². The molecule has 3 aromatic rings. The number of aryl methyl sites for hydroxylation is 1. The predicted octanol–water partition coefficient (Wildman–Crippen LogP) is 4.24. The summed E-state index contributed by atoms with van der Waals surface area (Å²) in [5.41, 5.74) is 2.16. The van der Waals surface area contributed by atoms with Crippen molar-refractivity contribution in [2.24, 2.45) is 5.92 Å². The second-order valence-corrected chi connectivity index (χ2v) is 7.57. The largest absolute Gasteiger partial charge is 0.459 e. The van der Waals surface area contributed by atoms with E-state index in [0.29, 0.717) is 22.2 Å². The zero-order chi connectivity index (χ0) is 22.4. The van der Waals surface area contributed by atoms with Gasteiger partial charge in [0.1, 0.15) is 18.2 Å². The molecular weight excluding hydrogens is 396 g/mol. The molecule has 0 unspecified atom stereocenters. The van der Waals surface area contributed by atoms with E-state index in [1.165, 1.54) is 6.07 Å². The summed E-state index contributed by atoms with van der Waals surface area (Å²) < 4.78 is 10.7. The molecule has 0 aliphatic heterocycles. The molecule has 0 aliphatic rings. The average Bonchev–Trinajstić information content (AvgIpc) is 2.75. The van der Waals surface area contributed by atoms with Gasteiger partial charge in [0.05, 0.1) is 0 Å². The molecule has 7 nitrogen and oxygen atoms in total. The lowest BCUT2D eigenvalue weighted by molar-refractivity contribution is -0.148. The van der Waals surface area contributed by atoms with Gasteiger partial charge in [0.25, 0.3) is 0 Å². The highest BCUT2D eigenvalue weighted by molar-refractivity contribution is 5.92. The van der Waals surface area contributed by atoms with Crippen LogP contribution in [0.2, 0.25) is 0 Å². The summed E-state index contributed by atoms with van der Waals surface area (Å²) >= 11 is 0. The highest BCUT2D eigenvalue weighted by Crippen LogP contribution is 2.20. The number of hydrogen-bond acceptors (Lipinski definition) is 5. The van der Waals surface area contributed by atoms with Gasteiger partial charge < -0.3 is 19.8 Å². The number of carbonyl (C=O) groups excluding carboxylic acids is 2. The molecule has 0 aliphatic carbocycles. The summed E-state index contributed by atoms with van der Waals surface area (Å²) in [4.78, 5) is 36.9. The molecule has 0 spiro atoms. The fourth-order valence-electron chi connectivity index (χ4n) is 3.18. The molecule has 1 heterocycles. The summed E-state index contributed by atoms with van der Waals surface area (Å²) in [5.74, 6) is -0.775. The maximum atomic E-state index is 12.7. The van der Waals surface area contributed by atoms with Gasteiger partial charge in [0.2, 0.25) is 0 Å². The first kappa shape index (κ1) is 22.1. The maximum Gasteiger partial charge on any atom is 0.336 e. The Hall–Kier alpha value is -3.61. The maximum absolute atomic E-state index is 12.7. The van der Waals surface area contributed by atoms with E-state index in [2.05, 4.69) is 10.6 Å². The highest BCUT2D eigenvalue weighted by atomic mass is 16.5. The normalized spacial score (nSPS) is 11.9. The Morgan fingerprint density at radius 1 is 1.06 bits per heavy atom. The monoisotopic (exact) mass is 422 g/mol. The van der Waals surface area contributed by atoms with E-state index in [4.69, 9.17) is 9.15 Å². The van der Waals surface area contributed by atoms with Crippen molar-refractivity contribution in [3.05, 3.63) is 76.1 Å². The third kappa shape index (κ3) is 5.72. The molecule has 3 rings (SSSR count). The molecule has 0 saturated heterocycles. The second-order valence-electron chi connectivity index (χ2n) is 7.57. The van der Waals surface area contributed by atoms with Crippen LogP contribution in [0.5, 0.6) is 0 Å². The van der Waals surface area contributed by atoms with Crippen molar-refractivity contribution < 1.29 is 18.7 Å². The first-order valence-corrected chi connectivity index (χ1v) is 10.2. The zero-order valence-corrected chi connectivity index (χ0v) is 17.8. The quantitative estimate of drug-likeness (QED) is 0.438. The van der Waals surface area contributed by atoms with E-state index in [1.807, 2.05) is 45.0 Å². The molecule has 2 amide bonds. The number of para-hydroxylation sites is 1. The third-order valence-electron chi connectivity index (χ3n) is 4.91. The summed E-state index contributed by atoms with van der Waals surface area (Å²) in [5, 5.41) is 6.06. The van der Waals surface area contributed by atoms with Crippen molar-refractivity contribution >= 4 is 28.7 Å². The van der Waals surface area contributed by atoms with E-state index in [0.717, 1.165) is 12.0 Å². The Kier molecular flexibility index (Phi) is 7.07. The number of ether oxygens (including phenoxy) is 1. The van der Waals surface area contributed by atoms with E-state index >= 15 is 0 Å². The van der Waals surface area contributed by atoms with Gasteiger partial charge in [-0.3, -0.25) is 0 Å². The Balaban J connectivity index is 1.70. The van der Waals surface area contributed by atoms with Gasteiger partial charge in [0.15, 0.2) is 0 Å². The molecule has 0 radical (unpaired) electrons. The van der Waals surface area contributed by atoms with Crippen molar-refractivity contribution in [1.82, 2.24) is 5.32 Å². The Morgan fingerprint density at radius 2 is 1.81 bits per heavy atom. The van der Waals surface area contributed by atoms with Crippen molar-refractivity contribution in [2.75, 3.05) is 5.32 Å². The number of urea groups is 1. The molecule has 31 heavy (non-hydrogen) atoms. The minimum atomic E-state index is -0.846. The number of nitrogens with one attached hydrogen (secondary N) is 2. The van der Waals surface area contributed by atoms with E-state index in [9.17, 15) is 14.4 Å². The van der Waals surface area contributed by atoms with Gasteiger partial charge in [-0.2, -0.15) is 0 Å². The number of hydrogen-bond donors (Lipinski definition) is 2. The molecule has 162 valence electrons. The number of benzene rings is 2. The predicted molar refractivity (Wildman–Crippen MR) is 119 cm³/mol. The van der Waals surface area contributed by atoms with E-state index in [-0.39, 0.29) is 12.5 Å². The topological polar surface area (TPSA) is 97.6 Å². The number of amides is 2. The van der Waals surface area contributed by atoms with Crippen molar-refractivity contribution in [2.45, 2.75) is 39.8 Å². The van der Waals surface area contributed by atoms with E-state index < -0.39 is 23.7 Å². The van der Waals surface area contributed by atoms with Gasteiger partial charge in [-0.25, -0.2) is 14.4 Å². The summed E-state index contributed by atoms with van der Waals surface area (Å²) in [7, 11) is 0. The minimum Gasteiger partial charge on any atom is -0.459 e. The first-order chi connectivity index (χ1) is 14.9. The van der Waals surface area contributed by atoms with Gasteiger partial charge in [-0.05, 0) is 36.1 Å². The van der Waals surface area contributed by atoms with Crippen molar-refractivity contribution in [3.8, 4) is 0 Å².